The van der Waals surface area contributed by atoms with Gasteiger partial charge in [0.05, 0.1) is 17.3 Å². The molecule has 0 spiro atoms. The van der Waals surface area contributed by atoms with Crippen LogP contribution in [0.15, 0.2) is 53.7 Å². The first-order valence-corrected chi connectivity index (χ1v) is 7.74. The molecule has 0 bridgehead atoms. The molecule has 1 N–H and O–H groups in total. The van der Waals surface area contributed by atoms with Crippen molar-refractivity contribution in [2.24, 2.45) is 7.05 Å². The van der Waals surface area contributed by atoms with Crippen molar-refractivity contribution in [3.05, 3.63) is 70.5 Å². The van der Waals surface area contributed by atoms with Crippen LogP contribution in [-0.2, 0) is 7.05 Å². The second kappa shape index (κ2) is 5.55. The first-order valence-electron chi connectivity index (χ1n) is 7.74. The highest BCUT2D eigenvalue weighted by Crippen LogP contribution is 2.16. The topological polar surface area (TPSA) is 81.3 Å². The van der Waals surface area contributed by atoms with Gasteiger partial charge in [-0.25, -0.2) is 4.98 Å². The van der Waals surface area contributed by atoms with E-state index in [1.54, 1.807) is 54.5 Å². The Kier molecular flexibility index (Phi) is 3.35. The summed E-state index contributed by atoms with van der Waals surface area (Å²) in [4.78, 5) is 33.8. The molecule has 0 saturated carbocycles. The Morgan fingerprint density at radius 2 is 2.08 bits per heavy atom. The monoisotopic (exact) mass is 333 g/mol. The largest absolute Gasteiger partial charge is 0.324 e. The molecule has 0 aliphatic heterocycles. The Morgan fingerprint density at radius 3 is 2.84 bits per heavy atom. The highest BCUT2D eigenvalue weighted by atomic mass is 16.2. The minimum atomic E-state index is -0.321. The van der Waals surface area contributed by atoms with Gasteiger partial charge in [-0.2, -0.15) is 0 Å². The van der Waals surface area contributed by atoms with E-state index in [1.807, 2.05) is 13.0 Å². The van der Waals surface area contributed by atoms with Gasteiger partial charge in [0, 0.05) is 19.4 Å². The molecule has 0 aliphatic carbocycles. The van der Waals surface area contributed by atoms with E-state index in [1.165, 1.54) is 4.40 Å². The maximum Gasteiger partial charge on any atom is 0.272 e. The van der Waals surface area contributed by atoms with Crippen molar-refractivity contribution in [2.75, 3.05) is 5.32 Å². The number of pyridine rings is 2. The Labute approximate surface area is 142 Å². The fourth-order valence-electron chi connectivity index (χ4n) is 2.83. The molecule has 0 aliphatic rings. The standard InChI is InChI=1S/C18H15N5O2/c1-11-5-6-15-21-16-13(18(25)23(15)10-11)8-14(22(16)2)17(24)20-12-4-3-7-19-9-12/h3-10H,1-2H3,(H,20,24). The van der Waals surface area contributed by atoms with E-state index in [0.717, 1.165) is 5.56 Å². The Hall–Kier alpha value is -3.48. The predicted octanol–water partition coefficient (Wildman–Crippen LogP) is 2.14. The van der Waals surface area contributed by atoms with E-state index in [4.69, 9.17) is 0 Å². The lowest BCUT2D eigenvalue weighted by atomic mass is 10.3. The number of anilines is 1. The Bertz CT molecular complexity index is 1170. The zero-order valence-corrected chi connectivity index (χ0v) is 13.7. The summed E-state index contributed by atoms with van der Waals surface area (Å²) in [6, 6.07) is 8.74. The molecule has 0 saturated heterocycles. The summed E-state index contributed by atoms with van der Waals surface area (Å²) < 4.78 is 3.13. The zero-order valence-electron chi connectivity index (χ0n) is 13.7. The number of nitrogens with zero attached hydrogens (tertiary/aromatic N) is 4. The van der Waals surface area contributed by atoms with Gasteiger partial charge in [-0.15, -0.1) is 0 Å². The molecule has 7 nitrogen and oxygen atoms in total. The second-order valence-corrected chi connectivity index (χ2v) is 5.87. The van der Waals surface area contributed by atoms with Gasteiger partial charge >= 0.3 is 0 Å². The first-order chi connectivity index (χ1) is 12.0. The molecule has 0 atom stereocenters. The number of hydrogen-bond acceptors (Lipinski definition) is 4. The quantitative estimate of drug-likeness (QED) is 0.609. The van der Waals surface area contributed by atoms with E-state index in [-0.39, 0.29) is 11.5 Å². The summed E-state index contributed by atoms with van der Waals surface area (Å²) >= 11 is 0. The van der Waals surface area contributed by atoms with Gasteiger partial charge in [-0.1, -0.05) is 6.07 Å². The molecule has 25 heavy (non-hydrogen) atoms. The van der Waals surface area contributed by atoms with Gasteiger partial charge in [0.2, 0.25) is 0 Å². The summed E-state index contributed by atoms with van der Waals surface area (Å²) in [5, 5.41) is 3.18. The van der Waals surface area contributed by atoms with Gasteiger partial charge < -0.3 is 9.88 Å². The number of fused-ring (bicyclic) bond motifs is 2. The number of aromatic nitrogens is 4. The fraction of sp³-hybridized carbons (Fsp3) is 0.111. The van der Waals surface area contributed by atoms with Crippen LogP contribution >= 0.6 is 0 Å². The molecule has 7 heteroatoms. The van der Waals surface area contributed by atoms with E-state index in [9.17, 15) is 9.59 Å². The van der Waals surface area contributed by atoms with Crippen molar-refractivity contribution in [1.29, 1.82) is 0 Å². The average molecular weight is 333 g/mol. The lowest BCUT2D eigenvalue weighted by Crippen LogP contribution is -2.16. The molecule has 0 radical (unpaired) electrons. The Balaban J connectivity index is 1.87. The third-order valence-corrected chi connectivity index (χ3v) is 4.10. The van der Waals surface area contributed by atoms with Crippen molar-refractivity contribution in [3.8, 4) is 0 Å². The van der Waals surface area contributed by atoms with Crippen LogP contribution in [0.3, 0.4) is 0 Å². The zero-order chi connectivity index (χ0) is 17.6. The van der Waals surface area contributed by atoms with Crippen molar-refractivity contribution in [2.45, 2.75) is 6.92 Å². The van der Waals surface area contributed by atoms with Crippen LogP contribution in [-0.4, -0.2) is 24.8 Å². The van der Waals surface area contributed by atoms with Crippen LogP contribution in [0.5, 0.6) is 0 Å². The molecule has 0 fully saturated rings. The lowest BCUT2D eigenvalue weighted by Gasteiger charge is -2.06. The number of carbonyl (C=O) groups is 1. The molecule has 0 aromatic carbocycles. The smallest absolute Gasteiger partial charge is 0.272 e. The number of amides is 1. The highest BCUT2D eigenvalue weighted by molar-refractivity contribution is 6.05. The molecule has 4 rings (SSSR count). The number of rotatable bonds is 2. The molecule has 124 valence electrons. The number of nitrogens with one attached hydrogen (secondary N) is 1. The molecule has 4 aromatic rings. The normalized spacial score (nSPS) is 11.1. The number of carbonyl (C=O) groups excluding carboxylic acids is 1. The van der Waals surface area contributed by atoms with E-state index < -0.39 is 0 Å². The van der Waals surface area contributed by atoms with Crippen LogP contribution in [0.25, 0.3) is 16.7 Å². The molecular formula is C18H15N5O2. The molecule has 0 unspecified atom stereocenters. The summed E-state index contributed by atoms with van der Waals surface area (Å²) in [6.45, 7) is 1.91. The second-order valence-electron chi connectivity index (χ2n) is 5.87. The third kappa shape index (κ3) is 2.46. The van der Waals surface area contributed by atoms with Crippen molar-refractivity contribution in [3.63, 3.8) is 0 Å². The maximum absolute atomic E-state index is 12.8. The molecule has 4 heterocycles. The van der Waals surface area contributed by atoms with E-state index in [0.29, 0.717) is 28.1 Å². The SMILES string of the molecule is Cc1ccc2nc3c(cc(C(=O)Nc4cccnc4)n3C)c(=O)n2c1. The van der Waals surface area contributed by atoms with Crippen LogP contribution in [0, 0.1) is 6.92 Å². The van der Waals surface area contributed by atoms with Crippen molar-refractivity contribution < 1.29 is 4.79 Å². The predicted molar refractivity (Wildman–Crippen MR) is 94.9 cm³/mol. The van der Waals surface area contributed by atoms with Gasteiger partial charge in [0.1, 0.15) is 17.0 Å². The minimum Gasteiger partial charge on any atom is -0.324 e. The van der Waals surface area contributed by atoms with E-state index in [2.05, 4.69) is 15.3 Å². The third-order valence-electron chi connectivity index (χ3n) is 4.10. The Morgan fingerprint density at radius 1 is 1.24 bits per heavy atom. The lowest BCUT2D eigenvalue weighted by molar-refractivity contribution is 0.101. The number of aryl methyl sites for hydroxylation is 2. The van der Waals surface area contributed by atoms with Gasteiger partial charge in [0.15, 0.2) is 0 Å². The average Bonchev–Trinajstić information content (AvgIpc) is 2.94. The van der Waals surface area contributed by atoms with Crippen molar-refractivity contribution in [1.82, 2.24) is 18.9 Å². The summed E-state index contributed by atoms with van der Waals surface area (Å²) in [7, 11) is 1.72. The van der Waals surface area contributed by atoms with Crippen LogP contribution in [0.2, 0.25) is 0 Å². The summed E-state index contributed by atoms with van der Waals surface area (Å²) in [5.74, 6) is -0.321. The molecule has 1 amide bonds. The molecule has 4 aromatic heterocycles. The van der Waals surface area contributed by atoms with Gasteiger partial charge in [0.25, 0.3) is 11.5 Å². The highest BCUT2D eigenvalue weighted by Gasteiger charge is 2.17. The fourth-order valence-corrected chi connectivity index (χ4v) is 2.83. The maximum atomic E-state index is 12.8. The molecular weight excluding hydrogens is 318 g/mol. The summed E-state index contributed by atoms with van der Waals surface area (Å²) in [5.41, 5.74) is 2.73. The van der Waals surface area contributed by atoms with Crippen molar-refractivity contribution >= 4 is 28.3 Å². The van der Waals surface area contributed by atoms with Gasteiger partial charge in [-0.3, -0.25) is 19.0 Å². The van der Waals surface area contributed by atoms with Crippen LogP contribution in [0.1, 0.15) is 16.1 Å². The van der Waals surface area contributed by atoms with Crippen LogP contribution in [0.4, 0.5) is 5.69 Å². The van der Waals surface area contributed by atoms with Gasteiger partial charge in [-0.05, 0) is 36.8 Å². The minimum absolute atomic E-state index is 0.195. The first kappa shape index (κ1) is 15.1. The summed E-state index contributed by atoms with van der Waals surface area (Å²) in [6.07, 6.45) is 4.93. The van der Waals surface area contributed by atoms with E-state index >= 15 is 0 Å². The number of hydrogen-bond donors (Lipinski definition) is 1. The van der Waals surface area contributed by atoms with Crippen LogP contribution < -0.4 is 10.9 Å².